The molecule has 0 amide bonds. The SMILES string of the molecule is [C-]#[N+]c1cc(-n2c3cc(-c4ccc(C)cc4C)ccc3c3ccc(-c4ccc(C)cc4C)cc32)c(-n2c3cc(-c4ccc(C)cc4C)ccc3c3ccc(-c4ccc(C)cc4C)cc32)cc1-c1ccc(C(F)(F)F)cc1C(F)(F)F. The summed E-state index contributed by atoms with van der Waals surface area (Å²) >= 11 is 0. The van der Waals surface area contributed by atoms with Gasteiger partial charge in [0.25, 0.3) is 0 Å². The summed E-state index contributed by atoms with van der Waals surface area (Å²) in [6.07, 6.45) is -10.3. The van der Waals surface area contributed by atoms with Crippen LogP contribution in [0.4, 0.5) is 32.0 Å². The number of aryl methyl sites for hydroxylation is 8. The summed E-state index contributed by atoms with van der Waals surface area (Å²) in [6, 6.07) is 55.4. The van der Waals surface area contributed by atoms with Crippen molar-refractivity contribution in [2.75, 3.05) is 0 Å². The first kappa shape index (κ1) is 51.6. The smallest absolute Gasteiger partial charge is 0.308 e. The molecule has 0 aliphatic heterocycles. The summed E-state index contributed by atoms with van der Waals surface area (Å²) in [5.41, 5.74) is 16.5. The summed E-state index contributed by atoms with van der Waals surface area (Å²) in [6.45, 7) is 25.3. The molecule has 394 valence electrons. The molecule has 9 heteroatoms. The van der Waals surface area contributed by atoms with E-state index < -0.39 is 29.0 Å². The summed E-state index contributed by atoms with van der Waals surface area (Å²) in [7, 11) is 0. The highest BCUT2D eigenvalue weighted by Gasteiger charge is 2.39. The van der Waals surface area contributed by atoms with Gasteiger partial charge in [0.05, 0.1) is 51.1 Å². The number of nitrogens with zero attached hydrogens (tertiary/aromatic N) is 3. The Morgan fingerprint density at radius 2 is 0.650 bits per heavy atom. The zero-order valence-electron chi connectivity index (χ0n) is 45.4. The zero-order valence-corrected chi connectivity index (χ0v) is 45.4. The Kier molecular flexibility index (Phi) is 12.3. The maximum absolute atomic E-state index is 15.5. The van der Waals surface area contributed by atoms with Crippen LogP contribution < -0.4 is 0 Å². The fourth-order valence-electron chi connectivity index (χ4n) is 12.2. The van der Waals surface area contributed by atoms with Gasteiger partial charge < -0.3 is 9.13 Å². The molecule has 2 aromatic heterocycles. The molecule has 0 saturated carbocycles. The Morgan fingerprint density at radius 1 is 0.325 bits per heavy atom. The minimum atomic E-state index is -5.23. The van der Waals surface area contributed by atoms with Crippen molar-refractivity contribution >= 4 is 49.3 Å². The monoisotopic (exact) mass is 1060 g/mol. The van der Waals surface area contributed by atoms with Crippen LogP contribution in [0.15, 0.2) is 176 Å². The van der Waals surface area contributed by atoms with Gasteiger partial charge >= 0.3 is 12.4 Å². The average molecular weight is 1060 g/mol. The lowest BCUT2D eigenvalue weighted by Gasteiger charge is -2.22. The third-order valence-corrected chi connectivity index (χ3v) is 15.9. The van der Waals surface area contributed by atoms with E-state index in [9.17, 15) is 13.2 Å². The van der Waals surface area contributed by atoms with Crippen molar-refractivity contribution in [2.24, 2.45) is 0 Å². The van der Waals surface area contributed by atoms with Gasteiger partial charge in [-0.25, -0.2) is 4.85 Å². The molecule has 0 spiro atoms. The van der Waals surface area contributed by atoms with Crippen LogP contribution in [-0.4, -0.2) is 9.13 Å². The van der Waals surface area contributed by atoms with Crippen molar-refractivity contribution in [1.82, 2.24) is 9.13 Å². The Bertz CT molecular complexity index is 4400. The predicted octanol–water partition coefficient (Wildman–Crippen LogP) is 21.3. The number of hydrogen-bond donors (Lipinski definition) is 0. The van der Waals surface area contributed by atoms with Crippen LogP contribution >= 0.6 is 0 Å². The van der Waals surface area contributed by atoms with Crippen molar-refractivity contribution in [1.29, 1.82) is 0 Å². The predicted molar refractivity (Wildman–Crippen MR) is 316 cm³/mol. The Morgan fingerprint density at radius 3 is 0.950 bits per heavy atom. The maximum atomic E-state index is 15.5. The van der Waals surface area contributed by atoms with Gasteiger partial charge in [0.2, 0.25) is 0 Å². The van der Waals surface area contributed by atoms with Crippen LogP contribution in [0.2, 0.25) is 0 Å². The van der Waals surface area contributed by atoms with Crippen LogP contribution in [0.25, 0.3) is 115 Å². The van der Waals surface area contributed by atoms with E-state index in [2.05, 4.69) is 201 Å². The molecule has 0 fully saturated rings. The first-order valence-electron chi connectivity index (χ1n) is 26.5. The summed E-state index contributed by atoms with van der Waals surface area (Å²) in [4.78, 5) is 3.97. The number of rotatable bonds is 7. The molecule has 0 aliphatic carbocycles. The van der Waals surface area contributed by atoms with Crippen LogP contribution in [0.3, 0.4) is 0 Å². The van der Waals surface area contributed by atoms with Crippen LogP contribution in [0.5, 0.6) is 0 Å². The second kappa shape index (κ2) is 19.1. The van der Waals surface area contributed by atoms with Gasteiger partial charge in [-0.2, -0.15) is 26.3 Å². The first-order chi connectivity index (χ1) is 38.1. The van der Waals surface area contributed by atoms with Crippen molar-refractivity contribution in [2.45, 2.75) is 67.7 Å². The second-order valence-electron chi connectivity index (χ2n) is 21.6. The largest absolute Gasteiger partial charge is 0.416 e. The van der Waals surface area contributed by atoms with Gasteiger partial charge in [0, 0.05) is 21.5 Å². The van der Waals surface area contributed by atoms with Crippen LogP contribution in [-0.2, 0) is 12.4 Å². The number of hydrogen-bond acceptors (Lipinski definition) is 0. The van der Waals surface area contributed by atoms with E-state index in [0.29, 0.717) is 17.4 Å². The minimum Gasteiger partial charge on any atom is -0.308 e. The Labute approximate surface area is 460 Å². The molecule has 0 saturated heterocycles. The standard InChI is InChI=1S/C71H53F6N3/c1-39-10-19-52(43(5)28-39)47-14-23-57-58-24-15-48(53-20-11-40(2)29-44(53)6)33-65(58)79(64(57)32-47)68-37-61(56-27-18-51(70(72,73)74)36-62(56)71(75,76)77)63(78-9)38-69(68)80-66-34-49(54-21-12-41(3)30-45(54)7)16-25-59(66)60-26-17-50(35-67(60)80)55-22-13-42(4)31-46(55)8/h10-38H,1-8H3. The van der Waals surface area contributed by atoms with Crippen LogP contribution in [0.1, 0.15) is 55.6 Å². The van der Waals surface area contributed by atoms with E-state index in [1.807, 2.05) is 13.8 Å². The highest BCUT2D eigenvalue weighted by molar-refractivity contribution is 6.14. The van der Waals surface area contributed by atoms with E-state index in [0.717, 1.165) is 139 Å². The molecule has 12 rings (SSSR count). The molecule has 0 N–H and O–H groups in total. The number of benzene rings is 10. The topological polar surface area (TPSA) is 14.2 Å². The van der Waals surface area contributed by atoms with Crippen LogP contribution in [0, 0.1) is 62.0 Å². The van der Waals surface area contributed by atoms with Gasteiger partial charge in [-0.1, -0.05) is 150 Å². The molecule has 2 heterocycles. The molecule has 3 nitrogen and oxygen atoms in total. The molecule has 0 unspecified atom stereocenters. The number of fused-ring (bicyclic) bond motifs is 6. The van der Waals surface area contributed by atoms with E-state index in [-0.39, 0.29) is 17.3 Å². The van der Waals surface area contributed by atoms with Gasteiger partial charge in [-0.3, -0.25) is 0 Å². The van der Waals surface area contributed by atoms with E-state index in [4.69, 9.17) is 6.57 Å². The first-order valence-corrected chi connectivity index (χ1v) is 26.5. The van der Waals surface area contributed by atoms with E-state index in [1.165, 1.54) is 0 Å². The summed E-state index contributed by atoms with van der Waals surface area (Å²) in [5, 5.41) is 3.53. The van der Waals surface area contributed by atoms with Crippen molar-refractivity contribution in [3.8, 4) is 67.0 Å². The van der Waals surface area contributed by atoms with Gasteiger partial charge in [-0.15, -0.1) is 0 Å². The van der Waals surface area contributed by atoms with Gasteiger partial charge in [0.1, 0.15) is 0 Å². The van der Waals surface area contributed by atoms with E-state index >= 15 is 13.2 Å². The van der Waals surface area contributed by atoms with Gasteiger partial charge in [0.15, 0.2) is 5.69 Å². The highest BCUT2D eigenvalue weighted by Crippen LogP contribution is 2.49. The number of halogens is 6. The molecular weight excluding hydrogens is 1010 g/mol. The fourth-order valence-corrected chi connectivity index (χ4v) is 12.2. The Balaban J connectivity index is 1.29. The lowest BCUT2D eigenvalue weighted by Crippen LogP contribution is -2.12. The van der Waals surface area contributed by atoms with E-state index in [1.54, 1.807) is 12.1 Å². The van der Waals surface area contributed by atoms with Crippen molar-refractivity contribution in [3.05, 3.63) is 243 Å². The second-order valence-corrected chi connectivity index (χ2v) is 21.6. The lowest BCUT2D eigenvalue weighted by atomic mass is 9.94. The molecule has 0 radical (unpaired) electrons. The molecule has 80 heavy (non-hydrogen) atoms. The Hall–Kier alpha value is -9.13. The zero-order chi connectivity index (χ0) is 56.3. The third kappa shape index (κ3) is 8.80. The lowest BCUT2D eigenvalue weighted by molar-refractivity contribution is -0.142. The molecule has 0 aliphatic rings. The maximum Gasteiger partial charge on any atom is 0.416 e. The number of alkyl halides is 6. The molecule has 10 aromatic carbocycles. The minimum absolute atomic E-state index is 0.152. The van der Waals surface area contributed by atoms with Crippen molar-refractivity contribution < 1.29 is 26.3 Å². The molecular formula is C71H53F6N3. The van der Waals surface area contributed by atoms with Crippen molar-refractivity contribution in [3.63, 3.8) is 0 Å². The normalized spacial score (nSPS) is 12.1. The fraction of sp³-hybridized carbons (Fsp3) is 0.141. The summed E-state index contributed by atoms with van der Waals surface area (Å²) in [5.74, 6) is 0. The highest BCUT2D eigenvalue weighted by atomic mass is 19.4. The molecule has 0 atom stereocenters. The number of aromatic nitrogens is 2. The van der Waals surface area contributed by atoms with Gasteiger partial charge in [-0.05, 0) is 182 Å². The molecule has 12 aromatic rings. The third-order valence-electron chi connectivity index (χ3n) is 15.9. The molecule has 0 bridgehead atoms. The summed E-state index contributed by atoms with van der Waals surface area (Å²) < 4.78 is 93.9. The quantitative estimate of drug-likeness (QED) is 0.112. The average Bonchev–Trinajstić information content (AvgIpc) is 3.00.